The van der Waals surface area contributed by atoms with E-state index in [-0.39, 0.29) is 12.5 Å². The summed E-state index contributed by atoms with van der Waals surface area (Å²) in [6, 6.07) is 0. The molecule has 1 saturated carbocycles. The SMILES string of the molecule is CCCCN(CC(N)=O)c1nc(C2CC2)nc(N)c1C. The van der Waals surface area contributed by atoms with E-state index < -0.39 is 0 Å². The van der Waals surface area contributed by atoms with Crippen LogP contribution in [0, 0.1) is 6.92 Å². The Morgan fingerprint density at radius 1 is 1.40 bits per heavy atom. The summed E-state index contributed by atoms with van der Waals surface area (Å²) < 4.78 is 0. The van der Waals surface area contributed by atoms with Gasteiger partial charge in [-0.3, -0.25) is 4.79 Å². The van der Waals surface area contributed by atoms with Crippen molar-refractivity contribution in [3.63, 3.8) is 0 Å². The van der Waals surface area contributed by atoms with Crippen molar-refractivity contribution < 1.29 is 4.79 Å². The lowest BCUT2D eigenvalue weighted by molar-refractivity contribution is -0.116. The molecule has 0 radical (unpaired) electrons. The first-order chi connectivity index (χ1) is 9.52. The quantitative estimate of drug-likeness (QED) is 0.783. The molecule has 1 heterocycles. The third-order valence-electron chi connectivity index (χ3n) is 3.55. The molecule has 0 unspecified atom stereocenters. The van der Waals surface area contributed by atoms with E-state index >= 15 is 0 Å². The number of amides is 1. The standard InChI is InChI=1S/C14H23N5O/c1-3-4-7-19(8-11(15)20)14-9(2)12(16)17-13(18-14)10-5-6-10/h10H,3-8H2,1-2H3,(H2,15,20)(H2,16,17,18). The van der Waals surface area contributed by atoms with Gasteiger partial charge in [0.2, 0.25) is 5.91 Å². The summed E-state index contributed by atoms with van der Waals surface area (Å²) in [7, 11) is 0. The van der Waals surface area contributed by atoms with Gasteiger partial charge in [-0.25, -0.2) is 9.97 Å². The molecule has 4 N–H and O–H groups in total. The number of aromatic nitrogens is 2. The zero-order chi connectivity index (χ0) is 14.7. The fraction of sp³-hybridized carbons (Fsp3) is 0.643. The van der Waals surface area contributed by atoms with Crippen molar-refractivity contribution in [1.29, 1.82) is 0 Å². The van der Waals surface area contributed by atoms with Gasteiger partial charge in [0.05, 0.1) is 6.54 Å². The van der Waals surface area contributed by atoms with Crippen molar-refractivity contribution in [2.24, 2.45) is 5.73 Å². The topological polar surface area (TPSA) is 98.1 Å². The van der Waals surface area contributed by atoms with E-state index in [1.807, 2.05) is 11.8 Å². The first kappa shape index (κ1) is 14.6. The lowest BCUT2D eigenvalue weighted by Gasteiger charge is -2.24. The van der Waals surface area contributed by atoms with Crippen LogP contribution >= 0.6 is 0 Å². The summed E-state index contributed by atoms with van der Waals surface area (Å²) >= 11 is 0. The first-order valence-electron chi connectivity index (χ1n) is 7.20. The number of anilines is 2. The summed E-state index contributed by atoms with van der Waals surface area (Å²) in [4.78, 5) is 22.2. The number of hydrogen-bond acceptors (Lipinski definition) is 5. The largest absolute Gasteiger partial charge is 0.383 e. The Morgan fingerprint density at radius 3 is 2.65 bits per heavy atom. The van der Waals surface area contributed by atoms with Crippen LogP contribution in [-0.2, 0) is 4.79 Å². The number of primary amides is 1. The van der Waals surface area contributed by atoms with Gasteiger partial charge in [-0.05, 0) is 26.2 Å². The fourth-order valence-corrected chi connectivity index (χ4v) is 2.17. The van der Waals surface area contributed by atoms with Crippen molar-refractivity contribution in [2.45, 2.75) is 45.4 Å². The molecule has 110 valence electrons. The van der Waals surface area contributed by atoms with Gasteiger partial charge in [-0.2, -0.15) is 0 Å². The van der Waals surface area contributed by atoms with Gasteiger partial charge in [-0.1, -0.05) is 13.3 Å². The Bertz CT molecular complexity index is 499. The lowest BCUT2D eigenvalue weighted by atomic mass is 10.2. The van der Waals surface area contributed by atoms with Gasteiger partial charge >= 0.3 is 0 Å². The number of hydrogen-bond donors (Lipinski definition) is 2. The number of nitrogens with two attached hydrogens (primary N) is 2. The highest BCUT2D eigenvalue weighted by Crippen LogP contribution is 2.39. The maximum absolute atomic E-state index is 11.3. The Morgan fingerprint density at radius 2 is 2.10 bits per heavy atom. The van der Waals surface area contributed by atoms with Crippen LogP contribution < -0.4 is 16.4 Å². The van der Waals surface area contributed by atoms with Crippen LogP contribution in [0.3, 0.4) is 0 Å². The molecule has 20 heavy (non-hydrogen) atoms. The van der Waals surface area contributed by atoms with E-state index in [0.29, 0.717) is 11.7 Å². The lowest BCUT2D eigenvalue weighted by Crippen LogP contribution is -2.36. The zero-order valence-corrected chi connectivity index (χ0v) is 12.2. The highest BCUT2D eigenvalue weighted by molar-refractivity contribution is 5.79. The molecule has 1 aliphatic carbocycles. The van der Waals surface area contributed by atoms with Gasteiger partial charge in [0.25, 0.3) is 0 Å². The molecule has 1 aromatic rings. The molecule has 0 aromatic carbocycles. The van der Waals surface area contributed by atoms with E-state index in [2.05, 4.69) is 16.9 Å². The maximum Gasteiger partial charge on any atom is 0.236 e. The van der Waals surface area contributed by atoms with Gasteiger partial charge in [-0.15, -0.1) is 0 Å². The first-order valence-corrected chi connectivity index (χ1v) is 7.20. The molecular formula is C14H23N5O. The minimum absolute atomic E-state index is 0.168. The number of rotatable bonds is 7. The average Bonchev–Trinajstić information content (AvgIpc) is 3.21. The Kier molecular flexibility index (Phi) is 4.42. The number of carbonyl (C=O) groups excluding carboxylic acids is 1. The van der Waals surface area contributed by atoms with Gasteiger partial charge < -0.3 is 16.4 Å². The van der Waals surface area contributed by atoms with Gasteiger partial charge in [0.1, 0.15) is 17.5 Å². The zero-order valence-electron chi connectivity index (χ0n) is 12.2. The molecule has 1 amide bonds. The molecule has 1 fully saturated rings. The molecule has 0 spiro atoms. The average molecular weight is 277 g/mol. The van der Waals surface area contributed by atoms with E-state index in [0.717, 1.165) is 49.4 Å². The summed E-state index contributed by atoms with van der Waals surface area (Å²) in [6.45, 7) is 4.92. The van der Waals surface area contributed by atoms with Crippen LogP contribution in [0.4, 0.5) is 11.6 Å². The Balaban J connectivity index is 2.31. The number of carbonyl (C=O) groups is 1. The van der Waals surface area contributed by atoms with Crippen LogP contribution in [0.5, 0.6) is 0 Å². The summed E-state index contributed by atoms with van der Waals surface area (Å²) in [5, 5.41) is 0. The fourth-order valence-electron chi connectivity index (χ4n) is 2.17. The molecule has 0 aliphatic heterocycles. The summed E-state index contributed by atoms with van der Waals surface area (Å²) in [5.41, 5.74) is 12.2. The van der Waals surface area contributed by atoms with Crippen LogP contribution in [0.2, 0.25) is 0 Å². The predicted molar refractivity (Wildman–Crippen MR) is 79.5 cm³/mol. The summed E-state index contributed by atoms with van der Waals surface area (Å²) in [5.74, 6) is 2.13. The minimum Gasteiger partial charge on any atom is -0.383 e. The van der Waals surface area contributed by atoms with Crippen molar-refractivity contribution in [2.75, 3.05) is 23.7 Å². The molecule has 2 rings (SSSR count). The Hall–Kier alpha value is -1.85. The monoisotopic (exact) mass is 277 g/mol. The molecule has 1 aliphatic rings. The van der Waals surface area contributed by atoms with E-state index in [1.165, 1.54) is 0 Å². The second-order valence-corrected chi connectivity index (χ2v) is 5.43. The number of nitrogen functional groups attached to an aromatic ring is 1. The van der Waals surface area contributed by atoms with Crippen molar-refractivity contribution in [3.8, 4) is 0 Å². The normalized spacial score (nSPS) is 14.3. The number of nitrogens with zero attached hydrogens (tertiary/aromatic N) is 3. The highest BCUT2D eigenvalue weighted by atomic mass is 16.1. The maximum atomic E-state index is 11.3. The highest BCUT2D eigenvalue weighted by Gasteiger charge is 2.28. The van der Waals surface area contributed by atoms with Crippen LogP contribution in [0.25, 0.3) is 0 Å². The Labute approximate surface area is 119 Å². The summed E-state index contributed by atoms with van der Waals surface area (Å²) in [6.07, 6.45) is 4.26. The van der Waals surface area contributed by atoms with Crippen molar-refractivity contribution >= 4 is 17.5 Å². The molecule has 6 heteroatoms. The molecule has 0 atom stereocenters. The van der Waals surface area contributed by atoms with Crippen LogP contribution in [-0.4, -0.2) is 29.0 Å². The van der Waals surface area contributed by atoms with E-state index in [1.54, 1.807) is 0 Å². The van der Waals surface area contributed by atoms with E-state index in [9.17, 15) is 4.79 Å². The molecule has 1 aromatic heterocycles. The molecular weight excluding hydrogens is 254 g/mol. The van der Waals surface area contributed by atoms with Gasteiger partial charge in [0, 0.05) is 18.0 Å². The molecule has 0 saturated heterocycles. The van der Waals surface area contributed by atoms with Gasteiger partial charge in [0.15, 0.2) is 0 Å². The van der Waals surface area contributed by atoms with Crippen LogP contribution in [0.1, 0.15) is 49.9 Å². The van der Waals surface area contributed by atoms with Crippen molar-refractivity contribution in [3.05, 3.63) is 11.4 Å². The predicted octanol–water partition coefficient (Wildman–Crippen LogP) is 1.34. The smallest absolute Gasteiger partial charge is 0.236 e. The second kappa shape index (κ2) is 6.07. The minimum atomic E-state index is -0.356. The molecule has 6 nitrogen and oxygen atoms in total. The van der Waals surface area contributed by atoms with Crippen LogP contribution in [0.15, 0.2) is 0 Å². The number of unbranched alkanes of at least 4 members (excludes halogenated alkanes) is 1. The van der Waals surface area contributed by atoms with E-state index in [4.69, 9.17) is 11.5 Å². The van der Waals surface area contributed by atoms with Crippen molar-refractivity contribution in [1.82, 2.24) is 9.97 Å². The molecule has 0 bridgehead atoms. The third-order valence-corrected chi connectivity index (χ3v) is 3.55. The second-order valence-electron chi connectivity index (χ2n) is 5.43. The third kappa shape index (κ3) is 3.37.